The molecule has 1 fully saturated rings. The number of fused-ring (bicyclic) bond motifs is 3. The molecule has 4 unspecified atom stereocenters. The first-order valence-electron chi connectivity index (χ1n) is 9.59. The van der Waals surface area contributed by atoms with Crippen LogP contribution >= 0.6 is 0 Å². The quantitative estimate of drug-likeness (QED) is 0.390. The zero-order valence-electron chi connectivity index (χ0n) is 17.4. The van der Waals surface area contributed by atoms with Gasteiger partial charge in [0, 0.05) is 25.0 Å². The average molecular weight is 416 g/mol. The molecule has 0 aliphatic carbocycles. The molecule has 0 spiro atoms. The normalized spacial score (nSPS) is 30.7. The van der Waals surface area contributed by atoms with Crippen LogP contribution in [0.25, 0.3) is 0 Å². The van der Waals surface area contributed by atoms with Crippen LogP contribution in [0.4, 0.5) is 0 Å². The van der Waals surface area contributed by atoms with E-state index in [1.54, 1.807) is 26.8 Å². The Morgan fingerprint density at radius 3 is 2.70 bits per heavy atom. The second-order valence-electron chi connectivity index (χ2n) is 7.72. The molecule has 0 saturated carbocycles. The molecule has 3 rings (SSSR count). The van der Waals surface area contributed by atoms with Gasteiger partial charge in [0.05, 0.1) is 11.5 Å². The van der Waals surface area contributed by atoms with Crippen molar-refractivity contribution in [1.82, 2.24) is 0 Å². The lowest BCUT2D eigenvalue weighted by atomic mass is 9.82. The van der Waals surface area contributed by atoms with E-state index in [1.165, 1.54) is 19.1 Å². The average Bonchev–Trinajstić information content (AvgIpc) is 3.11. The zero-order valence-corrected chi connectivity index (χ0v) is 17.4. The second-order valence-corrected chi connectivity index (χ2v) is 7.72. The Kier molecular flexibility index (Phi) is 5.70. The highest BCUT2D eigenvalue weighted by Gasteiger charge is 2.51. The zero-order chi connectivity index (χ0) is 22.2. The van der Waals surface area contributed by atoms with Crippen LogP contribution in [0.15, 0.2) is 47.3 Å². The van der Waals surface area contributed by atoms with Crippen LogP contribution in [-0.4, -0.2) is 48.1 Å². The summed E-state index contributed by atoms with van der Waals surface area (Å²) in [5.41, 5.74) is -0.332. The number of esters is 3. The summed E-state index contributed by atoms with van der Waals surface area (Å²) in [7, 11) is 0. The fourth-order valence-electron chi connectivity index (χ4n) is 3.72. The van der Waals surface area contributed by atoms with E-state index in [4.69, 9.17) is 18.9 Å². The Labute approximate surface area is 174 Å². The summed E-state index contributed by atoms with van der Waals surface area (Å²) in [6.45, 7) is 9.77. The van der Waals surface area contributed by atoms with Gasteiger partial charge in [-0.2, -0.15) is 0 Å². The molecule has 160 valence electrons. The van der Waals surface area contributed by atoms with E-state index < -0.39 is 41.6 Å². The Bertz CT molecular complexity index is 921. The van der Waals surface area contributed by atoms with Crippen molar-refractivity contribution in [1.29, 1.82) is 0 Å². The van der Waals surface area contributed by atoms with Crippen LogP contribution in [0.5, 0.6) is 0 Å². The molecule has 3 aliphatic rings. The lowest BCUT2D eigenvalue weighted by Gasteiger charge is -2.31. The van der Waals surface area contributed by atoms with Gasteiger partial charge in [-0.3, -0.25) is 9.59 Å². The molecular formula is C22H24O8. The minimum absolute atomic E-state index is 0.0000791. The molecule has 30 heavy (non-hydrogen) atoms. The van der Waals surface area contributed by atoms with Crippen molar-refractivity contribution >= 4 is 23.7 Å². The number of hydrogen-bond acceptors (Lipinski definition) is 8. The lowest BCUT2D eigenvalue weighted by Crippen LogP contribution is -2.43. The minimum Gasteiger partial charge on any atom is -0.479 e. The van der Waals surface area contributed by atoms with E-state index in [9.17, 15) is 19.2 Å². The summed E-state index contributed by atoms with van der Waals surface area (Å²) in [6.07, 6.45) is 2.90. The predicted octanol–water partition coefficient (Wildman–Crippen LogP) is 2.10. The first-order valence-corrected chi connectivity index (χ1v) is 9.59. The van der Waals surface area contributed by atoms with Gasteiger partial charge >= 0.3 is 17.9 Å². The highest BCUT2D eigenvalue weighted by Crippen LogP contribution is 2.42. The summed E-state index contributed by atoms with van der Waals surface area (Å²) in [5.74, 6) is -2.39. The van der Waals surface area contributed by atoms with Gasteiger partial charge in [-0.05, 0) is 32.4 Å². The van der Waals surface area contributed by atoms with Crippen LogP contribution in [0.1, 0.15) is 34.1 Å². The second kappa shape index (κ2) is 7.93. The Balaban J connectivity index is 1.95. The van der Waals surface area contributed by atoms with Crippen molar-refractivity contribution in [2.75, 3.05) is 6.61 Å². The Morgan fingerprint density at radius 1 is 1.37 bits per heavy atom. The van der Waals surface area contributed by atoms with Gasteiger partial charge in [-0.15, -0.1) is 0 Å². The summed E-state index contributed by atoms with van der Waals surface area (Å²) in [6, 6.07) is 0. The summed E-state index contributed by atoms with van der Waals surface area (Å²) in [4.78, 5) is 48.7. The molecule has 4 atom stereocenters. The predicted molar refractivity (Wildman–Crippen MR) is 104 cm³/mol. The van der Waals surface area contributed by atoms with E-state index in [-0.39, 0.29) is 30.0 Å². The molecule has 8 heteroatoms. The molecule has 0 aromatic rings. The third kappa shape index (κ3) is 3.94. The number of ketones is 1. The summed E-state index contributed by atoms with van der Waals surface area (Å²) < 4.78 is 21.9. The fraction of sp³-hybridized carbons (Fsp3) is 0.455. The van der Waals surface area contributed by atoms with E-state index in [0.29, 0.717) is 11.3 Å². The maximum absolute atomic E-state index is 12.8. The maximum atomic E-state index is 12.8. The maximum Gasteiger partial charge on any atom is 0.337 e. The largest absolute Gasteiger partial charge is 0.479 e. The molecule has 0 N–H and O–H groups in total. The van der Waals surface area contributed by atoms with Gasteiger partial charge in [-0.1, -0.05) is 12.7 Å². The van der Waals surface area contributed by atoms with Crippen LogP contribution in [0, 0.1) is 5.92 Å². The van der Waals surface area contributed by atoms with Crippen molar-refractivity contribution < 1.29 is 38.1 Å². The van der Waals surface area contributed by atoms with E-state index >= 15 is 0 Å². The van der Waals surface area contributed by atoms with Crippen LogP contribution in [0.2, 0.25) is 0 Å². The Morgan fingerprint density at radius 2 is 2.07 bits per heavy atom. The molecule has 0 radical (unpaired) electrons. The van der Waals surface area contributed by atoms with Crippen molar-refractivity contribution in [3.63, 3.8) is 0 Å². The molecule has 2 bridgehead atoms. The van der Waals surface area contributed by atoms with Crippen molar-refractivity contribution in [3.8, 4) is 0 Å². The molecule has 0 aromatic heterocycles. The topological polar surface area (TPSA) is 105 Å². The Hall–Kier alpha value is -3.16. The van der Waals surface area contributed by atoms with E-state index in [1.807, 2.05) is 0 Å². The fourth-order valence-corrected chi connectivity index (χ4v) is 3.72. The SMILES string of the molecule is C=C1C(=O)OC2C=C(C)C3=CC(=O)C(C)(CC(OC(=O)C(=CC)COC(C)=O)C12)O3. The van der Waals surface area contributed by atoms with Crippen LogP contribution in [0.3, 0.4) is 0 Å². The van der Waals surface area contributed by atoms with Crippen LogP contribution in [-0.2, 0) is 38.1 Å². The highest BCUT2D eigenvalue weighted by molar-refractivity contribution is 6.00. The van der Waals surface area contributed by atoms with Gasteiger partial charge in [0.15, 0.2) is 5.60 Å². The van der Waals surface area contributed by atoms with E-state index in [2.05, 4.69) is 6.58 Å². The van der Waals surface area contributed by atoms with Gasteiger partial charge in [-0.25, -0.2) is 9.59 Å². The standard InChI is InChI=1S/C22H24O8/c1-6-14(10-27-13(4)23)21(26)29-17-9-22(5)18(24)8-15(30-22)11(2)7-16-19(17)12(3)20(25)28-16/h6-8,16-17,19H,3,9-10H2,1-2,4-5H3. The molecule has 1 saturated heterocycles. The summed E-state index contributed by atoms with van der Waals surface area (Å²) >= 11 is 0. The van der Waals surface area contributed by atoms with Crippen molar-refractivity contribution in [3.05, 3.63) is 47.3 Å². The molecule has 3 aliphatic heterocycles. The molecule has 0 aromatic carbocycles. The molecular weight excluding hydrogens is 392 g/mol. The van der Waals surface area contributed by atoms with Crippen molar-refractivity contribution in [2.45, 2.75) is 51.9 Å². The van der Waals surface area contributed by atoms with Gasteiger partial charge in [0.1, 0.15) is 24.6 Å². The monoisotopic (exact) mass is 416 g/mol. The number of hydrogen-bond donors (Lipinski definition) is 0. The highest BCUT2D eigenvalue weighted by atomic mass is 16.6. The van der Waals surface area contributed by atoms with Crippen molar-refractivity contribution in [2.24, 2.45) is 5.92 Å². The first-order chi connectivity index (χ1) is 14.1. The van der Waals surface area contributed by atoms with Gasteiger partial charge in [0.2, 0.25) is 5.78 Å². The third-order valence-corrected chi connectivity index (χ3v) is 5.47. The number of rotatable bonds is 4. The van der Waals surface area contributed by atoms with Gasteiger partial charge < -0.3 is 18.9 Å². The molecule has 3 heterocycles. The minimum atomic E-state index is -1.26. The number of carbonyl (C=O) groups is 4. The molecule has 0 amide bonds. The number of ether oxygens (including phenoxy) is 4. The van der Waals surface area contributed by atoms with E-state index in [0.717, 1.165) is 0 Å². The van der Waals surface area contributed by atoms with Gasteiger partial charge in [0.25, 0.3) is 0 Å². The third-order valence-electron chi connectivity index (χ3n) is 5.47. The first kappa shape index (κ1) is 21.5. The number of carbonyl (C=O) groups excluding carboxylic acids is 4. The molecule has 8 nitrogen and oxygen atoms in total. The number of allylic oxidation sites excluding steroid dienone is 2. The smallest absolute Gasteiger partial charge is 0.337 e. The van der Waals surface area contributed by atoms with Crippen LogP contribution < -0.4 is 0 Å². The summed E-state index contributed by atoms with van der Waals surface area (Å²) in [5, 5.41) is 0. The lowest BCUT2D eigenvalue weighted by molar-refractivity contribution is -0.154.